The molecule has 1 aromatic heterocycles. The molecule has 0 radical (unpaired) electrons. The van der Waals surface area contributed by atoms with Crippen molar-refractivity contribution in [2.45, 2.75) is 67.0 Å². The molecular formula is C54H64N8O7S. The van der Waals surface area contributed by atoms with Crippen LogP contribution in [0.2, 0.25) is 0 Å². The van der Waals surface area contributed by atoms with Crippen molar-refractivity contribution < 1.29 is 33.5 Å². The van der Waals surface area contributed by atoms with Gasteiger partial charge in [-0.2, -0.15) is 0 Å². The molecular weight excluding hydrogens is 905 g/mol. The SMILES string of the molecule is C=CC(=O)Nc1ccccc1NC(=O)c1ccc(C)c(C2=C(C)C(=O)N[C@H](C)CN2)c1.CC(=O)/C=C/CN(C)C.CCCOc1ccc(NC(=O)c2ccc3sc4c(c3c2)NC[C@@H](C)NC4=O)cc1C. The third-order valence-corrected chi connectivity index (χ3v) is 12.1. The maximum Gasteiger partial charge on any atom is 0.263 e. The molecule has 0 fully saturated rings. The van der Waals surface area contributed by atoms with Crippen molar-refractivity contribution in [3.05, 3.63) is 142 Å². The van der Waals surface area contributed by atoms with Crippen molar-refractivity contribution in [2.75, 3.05) is 61.6 Å². The number of hydrogen-bond donors (Lipinski definition) is 7. The topological polar surface area (TPSA) is 199 Å². The zero-order valence-electron chi connectivity index (χ0n) is 41.3. The van der Waals surface area contributed by atoms with Crippen molar-refractivity contribution in [3.8, 4) is 5.75 Å². The first-order chi connectivity index (χ1) is 33.4. The highest BCUT2D eigenvalue weighted by atomic mass is 32.1. The number of carbonyl (C=O) groups excluding carboxylic acids is 6. The Kier molecular flexibility index (Phi) is 19.2. The first kappa shape index (κ1) is 53.4. The number of likely N-dealkylation sites (N-methyl/N-ethyl adjacent to an activating group) is 1. The Labute approximate surface area is 414 Å². The molecule has 0 aliphatic carbocycles. The Balaban J connectivity index is 0.000000222. The van der Waals surface area contributed by atoms with Crippen molar-refractivity contribution >= 4 is 85.2 Å². The smallest absolute Gasteiger partial charge is 0.263 e. The van der Waals surface area contributed by atoms with Gasteiger partial charge in [0.15, 0.2) is 5.78 Å². The van der Waals surface area contributed by atoms with Gasteiger partial charge in [0, 0.05) is 69.8 Å². The second kappa shape index (κ2) is 25.2. The number of amides is 5. The van der Waals surface area contributed by atoms with E-state index in [1.807, 2.05) is 89.2 Å². The lowest BCUT2D eigenvalue weighted by atomic mass is 9.98. The summed E-state index contributed by atoms with van der Waals surface area (Å²) in [5, 5.41) is 22.0. The van der Waals surface area contributed by atoms with Gasteiger partial charge in [-0.25, -0.2) is 0 Å². The summed E-state index contributed by atoms with van der Waals surface area (Å²) in [6, 6.07) is 23.5. The van der Waals surface area contributed by atoms with Crippen molar-refractivity contribution in [1.82, 2.24) is 20.9 Å². The van der Waals surface area contributed by atoms with Crippen LogP contribution in [-0.4, -0.2) is 92.6 Å². The number of anilines is 4. The predicted molar refractivity (Wildman–Crippen MR) is 283 cm³/mol. The highest BCUT2D eigenvalue weighted by Crippen LogP contribution is 2.38. The van der Waals surface area contributed by atoms with E-state index in [0.717, 1.165) is 62.9 Å². The molecule has 7 N–H and O–H groups in total. The fourth-order valence-corrected chi connectivity index (χ4v) is 8.26. The van der Waals surface area contributed by atoms with Crippen molar-refractivity contribution in [3.63, 3.8) is 0 Å². The third kappa shape index (κ3) is 14.7. The molecule has 15 nitrogen and oxygen atoms in total. The lowest BCUT2D eigenvalue weighted by molar-refractivity contribution is -0.118. The molecule has 70 heavy (non-hydrogen) atoms. The zero-order valence-corrected chi connectivity index (χ0v) is 42.2. The number of ether oxygens (including phenoxy) is 1. The number of ketones is 1. The second-order valence-corrected chi connectivity index (χ2v) is 18.4. The van der Waals surface area contributed by atoms with Crippen LogP contribution in [0.25, 0.3) is 15.8 Å². The van der Waals surface area contributed by atoms with Gasteiger partial charge in [0.25, 0.3) is 17.7 Å². The molecule has 3 heterocycles. The van der Waals surface area contributed by atoms with Crippen molar-refractivity contribution in [2.24, 2.45) is 0 Å². The number of hydrogen-bond acceptors (Lipinski definition) is 11. The number of carbonyl (C=O) groups is 6. The molecule has 0 bridgehead atoms. The lowest BCUT2D eigenvalue weighted by Gasteiger charge is -2.16. The van der Waals surface area contributed by atoms with Crippen LogP contribution in [0.15, 0.2) is 109 Å². The Bertz CT molecular complexity index is 2830. The zero-order chi connectivity index (χ0) is 51.1. The van der Waals surface area contributed by atoms with Gasteiger partial charge in [-0.3, -0.25) is 28.8 Å². The second-order valence-electron chi connectivity index (χ2n) is 17.3. The Hall–Kier alpha value is -7.56. The minimum atomic E-state index is -0.367. The highest BCUT2D eigenvalue weighted by molar-refractivity contribution is 7.21. The maximum atomic E-state index is 13.0. The summed E-state index contributed by atoms with van der Waals surface area (Å²) >= 11 is 1.44. The summed E-state index contributed by atoms with van der Waals surface area (Å²) < 4.78 is 6.67. The van der Waals surface area contributed by atoms with E-state index in [9.17, 15) is 28.8 Å². The molecule has 16 heteroatoms. The molecule has 0 spiro atoms. The minimum absolute atomic E-state index is 0.00554. The normalized spacial score (nSPS) is 15.2. The summed E-state index contributed by atoms with van der Waals surface area (Å²) in [4.78, 5) is 75.3. The largest absolute Gasteiger partial charge is 0.493 e. The number of nitrogens with zero attached hydrogens (tertiary/aromatic N) is 1. The van der Waals surface area contributed by atoms with E-state index >= 15 is 0 Å². The molecule has 7 rings (SSSR count). The lowest BCUT2D eigenvalue weighted by Crippen LogP contribution is -2.36. The monoisotopic (exact) mass is 968 g/mol. The number of nitrogens with one attached hydrogen (secondary N) is 7. The summed E-state index contributed by atoms with van der Waals surface area (Å²) in [7, 11) is 3.93. The fourth-order valence-electron chi connectivity index (χ4n) is 7.20. The van der Waals surface area contributed by atoms with Gasteiger partial charge in [-0.1, -0.05) is 37.8 Å². The number of fused-ring (bicyclic) bond motifs is 3. The summed E-state index contributed by atoms with van der Waals surface area (Å²) in [5.74, 6) is -0.151. The van der Waals surface area contributed by atoms with Crippen LogP contribution in [-0.2, 0) is 14.4 Å². The van der Waals surface area contributed by atoms with E-state index in [4.69, 9.17) is 4.74 Å². The highest BCUT2D eigenvalue weighted by Gasteiger charge is 2.25. The van der Waals surface area contributed by atoms with Crippen LogP contribution in [0.1, 0.15) is 88.1 Å². The maximum absolute atomic E-state index is 13.0. The molecule has 368 valence electrons. The Morgan fingerprint density at radius 1 is 0.800 bits per heavy atom. The Morgan fingerprint density at radius 3 is 2.10 bits per heavy atom. The van der Waals surface area contributed by atoms with Gasteiger partial charge in [0.2, 0.25) is 11.8 Å². The fraction of sp³-hybridized carbons (Fsp3) is 0.296. The van der Waals surface area contributed by atoms with Gasteiger partial charge in [-0.05, 0) is 146 Å². The van der Waals surface area contributed by atoms with E-state index in [0.29, 0.717) is 58.3 Å². The number of rotatable bonds is 13. The number of benzene rings is 4. The van der Waals surface area contributed by atoms with Crippen LogP contribution in [0.4, 0.5) is 22.7 Å². The van der Waals surface area contributed by atoms with Crippen molar-refractivity contribution in [1.29, 1.82) is 0 Å². The molecule has 2 atom stereocenters. The van der Waals surface area contributed by atoms with Crippen LogP contribution in [0.3, 0.4) is 0 Å². The average molecular weight is 969 g/mol. The van der Waals surface area contributed by atoms with E-state index in [1.54, 1.807) is 62.4 Å². The number of aryl methyl sites for hydroxylation is 2. The van der Waals surface area contributed by atoms with Crippen LogP contribution in [0, 0.1) is 13.8 Å². The first-order valence-electron chi connectivity index (χ1n) is 23.1. The van der Waals surface area contributed by atoms with E-state index in [2.05, 4.69) is 50.7 Å². The van der Waals surface area contributed by atoms with Gasteiger partial charge >= 0.3 is 0 Å². The van der Waals surface area contributed by atoms with Crippen LogP contribution < -0.4 is 42.0 Å². The minimum Gasteiger partial charge on any atom is -0.493 e. The first-order valence-corrected chi connectivity index (χ1v) is 23.9. The molecule has 5 amide bonds. The molecule has 5 aromatic rings. The predicted octanol–water partition coefficient (Wildman–Crippen LogP) is 8.70. The van der Waals surface area contributed by atoms with E-state index in [1.165, 1.54) is 11.3 Å². The van der Waals surface area contributed by atoms with E-state index in [-0.39, 0.29) is 47.4 Å². The molecule has 2 aliphatic heterocycles. The third-order valence-electron chi connectivity index (χ3n) is 10.9. The summed E-state index contributed by atoms with van der Waals surface area (Å²) in [6.45, 7) is 19.3. The molecule has 4 aromatic carbocycles. The van der Waals surface area contributed by atoms with Gasteiger partial charge in [0.1, 0.15) is 10.6 Å². The van der Waals surface area contributed by atoms with Crippen LogP contribution >= 0.6 is 11.3 Å². The van der Waals surface area contributed by atoms with Crippen LogP contribution in [0.5, 0.6) is 5.75 Å². The number of allylic oxidation sites excluding steroid dienone is 1. The molecule has 2 aliphatic rings. The van der Waals surface area contributed by atoms with Gasteiger partial charge in [0.05, 0.1) is 29.4 Å². The summed E-state index contributed by atoms with van der Waals surface area (Å²) in [6.07, 6.45) is 5.54. The summed E-state index contributed by atoms with van der Waals surface area (Å²) in [5.41, 5.74) is 7.46. The molecule has 0 saturated heterocycles. The number of thiophene rings is 1. The Morgan fingerprint density at radius 2 is 1.44 bits per heavy atom. The molecule has 0 unspecified atom stereocenters. The standard InChI is InChI=1S/C24H26N4O3.C23H25N3O3S.C7H13NO/c1-5-21(29)27-19-8-6-7-9-20(19)28-24(31)17-11-10-14(2)18(12-17)22-16(4)23(30)26-15(3)13-25-22;1-4-9-29-18-7-6-16(10-13(18)2)26-22(27)15-5-8-19-17(11-15)20-21(30-19)23(28)25-14(3)12-24-20;1-7(9)5-4-6-8(2)3/h5-12,15,25H,1,13H2,2-4H3,(H,26,30)(H,27,29)(H,28,31);5-8,10-11,14,24H,4,9,12H2,1-3H3,(H,25,28)(H,26,27);4-5H,6H2,1-3H3/b;;5-4+/t15-;14-;/m11./s1. The molecule has 0 saturated carbocycles. The van der Waals surface area contributed by atoms with Gasteiger partial charge in [-0.15, -0.1) is 11.3 Å². The quantitative estimate of drug-likeness (QED) is 0.0561. The average Bonchev–Trinajstić information content (AvgIpc) is 3.55. The van der Waals surface area contributed by atoms with E-state index < -0.39 is 0 Å². The number of para-hydroxylation sites is 2. The van der Waals surface area contributed by atoms with Gasteiger partial charge < -0.3 is 46.9 Å².